The number of carboxylic acids is 1. The zero-order valence-corrected chi connectivity index (χ0v) is 16.0. The summed E-state index contributed by atoms with van der Waals surface area (Å²) in [6, 6.07) is 9.91. The molecule has 0 spiro atoms. The van der Waals surface area contributed by atoms with E-state index in [1.807, 2.05) is 24.3 Å². The molecule has 2 N–H and O–H groups in total. The van der Waals surface area contributed by atoms with Crippen LogP contribution in [0.25, 0.3) is 0 Å². The molecule has 0 bridgehead atoms. The topological polar surface area (TPSA) is 78.9 Å². The van der Waals surface area contributed by atoms with E-state index < -0.39 is 12.0 Å². The van der Waals surface area contributed by atoms with Crippen LogP contribution in [0.4, 0.5) is 5.69 Å². The van der Waals surface area contributed by atoms with Gasteiger partial charge in [-0.2, -0.15) is 0 Å². The Morgan fingerprint density at radius 3 is 2.81 bits per heavy atom. The van der Waals surface area contributed by atoms with Crippen molar-refractivity contribution in [3.05, 3.63) is 57.6 Å². The van der Waals surface area contributed by atoms with E-state index in [9.17, 15) is 14.7 Å². The molecule has 1 heterocycles. The number of hydrogen-bond acceptors (Lipinski definition) is 4. The highest BCUT2D eigenvalue weighted by atomic mass is 35.5. The van der Waals surface area contributed by atoms with Gasteiger partial charge >= 0.3 is 5.97 Å². The van der Waals surface area contributed by atoms with E-state index in [1.165, 1.54) is 5.01 Å². The molecular weight excluding hydrogens is 391 g/mol. The predicted molar refractivity (Wildman–Crippen MR) is 104 cm³/mol. The van der Waals surface area contributed by atoms with Crippen LogP contribution in [0.1, 0.15) is 23.5 Å². The first kappa shape index (κ1) is 19.3. The van der Waals surface area contributed by atoms with E-state index in [1.54, 1.807) is 19.2 Å². The molecular formula is C19H18Cl2N2O4. The number of nitrogens with zero attached hydrogens (tertiary/aromatic N) is 1. The molecule has 8 heteroatoms. The average Bonchev–Trinajstić information content (AvgIpc) is 2.63. The maximum atomic E-state index is 11.8. The number of carbonyl (C=O) groups excluding carboxylic acids is 1. The zero-order chi connectivity index (χ0) is 19.6. The molecule has 142 valence electrons. The highest BCUT2D eigenvalue weighted by Gasteiger charge is 2.38. The minimum Gasteiger partial charge on any atom is -0.497 e. The lowest BCUT2D eigenvalue weighted by atomic mass is 9.82. The Morgan fingerprint density at radius 1 is 1.37 bits per heavy atom. The summed E-state index contributed by atoms with van der Waals surface area (Å²) >= 11 is 12.6. The monoisotopic (exact) mass is 408 g/mol. The smallest absolute Gasteiger partial charge is 0.328 e. The summed E-state index contributed by atoms with van der Waals surface area (Å²) in [5, 5.41) is 11.8. The van der Waals surface area contributed by atoms with E-state index in [-0.39, 0.29) is 12.3 Å². The van der Waals surface area contributed by atoms with Gasteiger partial charge in [-0.3, -0.25) is 15.2 Å². The summed E-state index contributed by atoms with van der Waals surface area (Å²) in [6.45, 7) is 0. The van der Waals surface area contributed by atoms with Crippen molar-refractivity contribution in [2.24, 2.45) is 0 Å². The summed E-state index contributed by atoms with van der Waals surface area (Å²) in [5.41, 5.74) is 4.71. The van der Waals surface area contributed by atoms with Crippen LogP contribution < -0.4 is 15.2 Å². The number of methoxy groups -OCH3 is 1. The van der Waals surface area contributed by atoms with E-state index >= 15 is 0 Å². The molecule has 2 aromatic rings. The highest BCUT2D eigenvalue weighted by Crippen LogP contribution is 2.44. The van der Waals surface area contributed by atoms with Gasteiger partial charge in [0, 0.05) is 10.0 Å². The van der Waals surface area contributed by atoms with Crippen LogP contribution in [-0.4, -0.2) is 30.6 Å². The van der Waals surface area contributed by atoms with Crippen molar-refractivity contribution in [1.82, 2.24) is 5.43 Å². The van der Waals surface area contributed by atoms with Crippen LogP contribution >= 0.6 is 23.2 Å². The maximum absolute atomic E-state index is 11.8. The molecule has 2 aromatic carbocycles. The van der Waals surface area contributed by atoms with Crippen molar-refractivity contribution in [1.29, 1.82) is 0 Å². The molecule has 0 saturated heterocycles. The Kier molecular flexibility index (Phi) is 5.77. The SMILES string of the molecule is COc1cccc(C[C@@H]2C[C@@H](C(=O)O)N(NC=O)c3cc(Cl)cc(Cl)c32)c1. The normalized spacial score (nSPS) is 18.6. The molecule has 6 nitrogen and oxygen atoms in total. The van der Waals surface area contributed by atoms with Crippen molar-refractivity contribution in [3.63, 3.8) is 0 Å². The van der Waals surface area contributed by atoms with Gasteiger partial charge in [0.2, 0.25) is 6.41 Å². The van der Waals surface area contributed by atoms with Crippen LogP contribution in [0.15, 0.2) is 36.4 Å². The number of aliphatic carboxylic acids is 1. The number of halogens is 2. The Hall–Kier alpha value is -2.44. The Labute approximate surface area is 166 Å². The van der Waals surface area contributed by atoms with Gasteiger partial charge in [-0.15, -0.1) is 0 Å². The number of nitrogens with one attached hydrogen (secondary N) is 1. The van der Waals surface area contributed by atoms with Gasteiger partial charge in [0.15, 0.2) is 0 Å². The number of hydrogen-bond donors (Lipinski definition) is 2. The summed E-state index contributed by atoms with van der Waals surface area (Å²) in [7, 11) is 1.59. The molecule has 2 atom stereocenters. The summed E-state index contributed by atoms with van der Waals surface area (Å²) in [5.74, 6) is -0.478. The minimum absolute atomic E-state index is 0.164. The van der Waals surface area contributed by atoms with E-state index in [4.69, 9.17) is 27.9 Å². The van der Waals surface area contributed by atoms with Gasteiger partial charge in [0.05, 0.1) is 12.8 Å². The molecule has 0 saturated carbocycles. The molecule has 3 rings (SSSR count). The first-order chi connectivity index (χ1) is 12.9. The standard InChI is InChI=1S/C19H18Cl2N2O4/c1-27-14-4-2-3-11(6-14)5-12-7-17(19(25)26)23(22-10-24)16-9-13(20)8-15(21)18(12)16/h2-4,6,8-10,12,17H,5,7H2,1H3,(H,22,24)(H,25,26)/t12-,17+/m1/s1. The Bertz CT molecular complexity index is 875. The second-order valence-corrected chi connectivity index (χ2v) is 7.12. The van der Waals surface area contributed by atoms with Gasteiger partial charge in [0.25, 0.3) is 0 Å². The number of amides is 1. The van der Waals surface area contributed by atoms with E-state index in [2.05, 4.69) is 5.43 Å². The number of ether oxygens (including phenoxy) is 1. The van der Waals surface area contributed by atoms with Gasteiger partial charge in [-0.1, -0.05) is 35.3 Å². The molecule has 0 unspecified atom stereocenters. The second-order valence-electron chi connectivity index (χ2n) is 6.28. The fourth-order valence-electron chi connectivity index (χ4n) is 3.53. The number of rotatable bonds is 6. The van der Waals surface area contributed by atoms with E-state index in [0.29, 0.717) is 28.6 Å². The van der Waals surface area contributed by atoms with Gasteiger partial charge in [-0.25, -0.2) is 4.79 Å². The zero-order valence-electron chi connectivity index (χ0n) is 14.5. The van der Waals surface area contributed by atoms with Crippen LogP contribution in [0, 0.1) is 0 Å². The second kappa shape index (κ2) is 8.06. The van der Waals surface area contributed by atoms with Crippen LogP contribution in [0.5, 0.6) is 5.75 Å². The van der Waals surface area contributed by atoms with Crippen molar-refractivity contribution >= 4 is 41.3 Å². The van der Waals surface area contributed by atoms with Crippen molar-refractivity contribution in [3.8, 4) is 5.75 Å². The third-order valence-electron chi connectivity index (χ3n) is 4.65. The maximum Gasteiger partial charge on any atom is 0.328 e. The number of fused-ring (bicyclic) bond motifs is 1. The lowest BCUT2D eigenvalue weighted by Crippen LogP contribution is -2.53. The third-order valence-corrected chi connectivity index (χ3v) is 5.18. The van der Waals surface area contributed by atoms with Crippen molar-refractivity contribution < 1.29 is 19.4 Å². The number of carbonyl (C=O) groups is 2. The number of carboxylic acid groups (broad SMARTS) is 1. The van der Waals surface area contributed by atoms with Crippen LogP contribution in [0.2, 0.25) is 10.0 Å². The van der Waals surface area contributed by atoms with Gasteiger partial charge < -0.3 is 9.84 Å². The fourth-order valence-corrected chi connectivity index (χ4v) is 4.17. The Balaban J connectivity index is 2.07. The van der Waals surface area contributed by atoms with Gasteiger partial charge in [-0.05, 0) is 54.2 Å². The van der Waals surface area contributed by atoms with Crippen LogP contribution in [0.3, 0.4) is 0 Å². The molecule has 1 aliphatic rings. The molecule has 1 amide bonds. The predicted octanol–water partition coefficient (Wildman–Crippen LogP) is 3.65. The summed E-state index contributed by atoms with van der Waals surface area (Å²) in [6.07, 6.45) is 1.29. The largest absolute Gasteiger partial charge is 0.497 e. The minimum atomic E-state index is -1.04. The van der Waals surface area contributed by atoms with Crippen LogP contribution in [-0.2, 0) is 16.0 Å². The molecule has 0 fully saturated rings. The van der Waals surface area contributed by atoms with Crippen molar-refractivity contribution in [2.45, 2.75) is 24.8 Å². The molecule has 0 aromatic heterocycles. The quantitative estimate of drug-likeness (QED) is 0.713. The molecule has 27 heavy (non-hydrogen) atoms. The number of hydrazine groups is 1. The van der Waals surface area contributed by atoms with Crippen molar-refractivity contribution in [2.75, 3.05) is 12.1 Å². The fraction of sp³-hybridized carbons (Fsp3) is 0.263. The highest BCUT2D eigenvalue weighted by molar-refractivity contribution is 6.35. The summed E-state index contributed by atoms with van der Waals surface area (Å²) < 4.78 is 5.27. The number of benzene rings is 2. The van der Waals surface area contributed by atoms with Gasteiger partial charge in [0.1, 0.15) is 11.8 Å². The number of anilines is 1. The first-order valence-corrected chi connectivity index (χ1v) is 9.04. The molecule has 1 aliphatic heterocycles. The molecule has 0 aliphatic carbocycles. The lowest BCUT2D eigenvalue weighted by Gasteiger charge is -2.39. The third kappa shape index (κ3) is 3.96. The first-order valence-electron chi connectivity index (χ1n) is 8.28. The average molecular weight is 409 g/mol. The van der Waals surface area contributed by atoms with E-state index in [0.717, 1.165) is 16.9 Å². The molecule has 0 radical (unpaired) electrons. The summed E-state index contributed by atoms with van der Waals surface area (Å²) in [4.78, 5) is 22.9. The lowest BCUT2D eigenvalue weighted by molar-refractivity contribution is -0.139. The Morgan fingerprint density at radius 2 is 2.15 bits per heavy atom.